The van der Waals surface area contributed by atoms with Crippen LogP contribution in [-0.2, 0) is 18.4 Å². The molecular weight excluding hydrogens is 840 g/mol. The number of amides is 1. The van der Waals surface area contributed by atoms with Crippen molar-refractivity contribution in [3.05, 3.63) is 85.1 Å². The van der Waals surface area contributed by atoms with Gasteiger partial charge in [0.1, 0.15) is 13.2 Å². The van der Waals surface area contributed by atoms with Crippen LogP contribution >= 0.6 is 7.82 Å². The van der Waals surface area contributed by atoms with E-state index in [0.29, 0.717) is 23.9 Å². The lowest BCUT2D eigenvalue weighted by Gasteiger charge is -2.26. The van der Waals surface area contributed by atoms with Crippen molar-refractivity contribution in [2.24, 2.45) is 0 Å². The lowest BCUT2D eigenvalue weighted by molar-refractivity contribution is -0.870. The minimum absolute atomic E-state index is 0.0721. The molecule has 0 radical (unpaired) electrons. The average Bonchev–Trinajstić information content (AvgIpc) is 3.27. The number of carbonyl (C=O) groups is 1. The molecule has 8 nitrogen and oxygen atoms in total. The van der Waals surface area contributed by atoms with Gasteiger partial charge < -0.3 is 19.8 Å². The summed E-state index contributed by atoms with van der Waals surface area (Å²) in [6.45, 7) is 4.67. The number of likely N-dealkylation sites (N-methyl/N-ethyl adjacent to an activating group) is 1. The fourth-order valence-electron chi connectivity index (χ4n) is 7.44. The van der Waals surface area contributed by atoms with Crippen molar-refractivity contribution >= 4 is 13.7 Å². The largest absolute Gasteiger partial charge is 0.472 e. The Bertz CT molecular complexity index is 1350. The second kappa shape index (κ2) is 47.7. The van der Waals surface area contributed by atoms with Crippen LogP contribution in [0, 0.1) is 0 Å². The third kappa shape index (κ3) is 49.6. The van der Waals surface area contributed by atoms with Crippen LogP contribution in [0.25, 0.3) is 0 Å². The van der Waals surface area contributed by atoms with E-state index in [1.54, 1.807) is 0 Å². The average molecular weight is 944 g/mol. The molecule has 0 heterocycles. The number of nitrogens with zero attached hydrogens (tertiary/aromatic N) is 1. The van der Waals surface area contributed by atoms with E-state index in [0.717, 1.165) is 96.3 Å². The lowest BCUT2D eigenvalue weighted by Crippen LogP contribution is -2.46. The first-order chi connectivity index (χ1) is 32.0. The van der Waals surface area contributed by atoms with Crippen molar-refractivity contribution in [1.29, 1.82) is 0 Å². The fourth-order valence-corrected chi connectivity index (χ4v) is 8.17. The maximum Gasteiger partial charge on any atom is 0.472 e. The number of hydrogen-bond donors (Lipinski definition) is 3. The van der Waals surface area contributed by atoms with Crippen molar-refractivity contribution in [2.75, 3.05) is 40.9 Å². The van der Waals surface area contributed by atoms with Gasteiger partial charge in [0.05, 0.1) is 39.9 Å². The van der Waals surface area contributed by atoms with Crippen molar-refractivity contribution in [3.8, 4) is 0 Å². The number of quaternary nitrogens is 1. The molecule has 0 aromatic heterocycles. The highest BCUT2D eigenvalue weighted by Crippen LogP contribution is 2.43. The number of phosphoric acid groups is 1. The van der Waals surface area contributed by atoms with Crippen LogP contribution in [0.3, 0.4) is 0 Å². The molecule has 0 aliphatic heterocycles. The van der Waals surface area contributed by atoms with Gasteiger partial charge in [-0.25, -0.2) is 4.57 Å². The third-order valence-electron chi connectivity index (χ3n) is 11.7. The van der Waals surface area contributed by atoms with Crippen LogP contribution in [0.1, 0.15) is 219 Å². The van der Waals surface area contributed by atoms with Gasteiger partial charge in [-0.3, -0.25) is 13.8 Å². The molecule has 3 atom stereocenters. The predicted octanol–water partition coefficient (Wildman–Crippen LogP) is 16.1. The molecule has 3 unspecified atom stereocenters. The number of rotatable bonds is 48. The van der Waals surface area contributed by atoms with Gasteiger partial charge >= 0.3 is 7.82 Å². The SMILES string of the molecule is CC/C=C\C/C=C\C/C=C\C/C=C\C/C=C\C/C=C\C/C=C\CCCCCCCCCCCCCCCCCCCC(=O)NC(COP(=O)(O)OCC[N+](C)(C)C)C(O)CCCCCCC. The number of aliphatic hydroxyl groups is 1. The summed E-state index contributed by atoms with van der Waals surface area (Å²) in [5, 5.41) is 13.8. The summed E-state index contributed by atoms with van der Waals surface area (Å²) in [6.07, 6.45) is 67.0. The molecule has 9 heteroatoms. The van der Waals surface area contributed by atoms with Crippen LogP contribution in [0.2, 0.25) is 0 Å². The van der Waals surface area contributed by atoms with E-state index in [1.807, 2.05) is 21.1 Å². The summed E-state index contributed by atoms with van der Waals surface area (Å²) < 4.78 is 23.5. The van der Waals surface area contributed by atoms with E-state index >= 15 is 0 Å². The first-order valence-electron chi connectivity index (χ1n) is 27.0. The van der Waals surface area contributed by atoms with E-state index < -0.39 is 20.0 Å². The van der Waals surface area contributed by atoms with Gasteiger partial charge in [0, 0.05) is 6.42 Å². The van der Waals surface area contributed by atoms with Crippen molar-refractivity contribution in [2.45, 2.75) is 231 Å². The highest BCUT2D eigenvalue weighted by Gasteiger charge is 2.28. The molecule has 0 aliphatic rings. The highest BCUT2D eigenvalue weighted by molar-refractivity contribution is 7.47. The molecule has 0 aromatic rings. The summed E-state index contributed by atoms with van der Waals surface area (Å²) in [7, 11) is 1.61. The summed E-state index contributed by atoms with van der Waals surface area (Å²) in [5.74, 6) is -0.153. The van der Waals surface area contributed by atoms with Gasteiger partial charge in [0.2, 0.25) is 5.91 Å². The zero-order valence-corrected chi connectivity index (χ0v) is 44.3. The third-order valence-corrected chi connectivity index (χ3v) is 12.6. The summed E-state index contributed by atoms with van der Waals surface area (Å²) in [4.78, 5) is 23.0. The standard InChI is InChI=1S/C57H103N2O6P/c1-6-8-10-12-13-14-15-16-17-18-19-20-21-22-23-24-25-26-27-28-29-30-31-32-33-34-35-36-37-38-39-40-41-42-43-44-45-47-49-51-57(61)58-55(56(60)50-48-46-11-9-7-2)54-65-66(62,63)64-53-52-59(3,4)5/h8,10,13-14,16-17,19-20,22-23,25-26,28-29,55-56,60H,6-7,9,11-12,15,18,21,24,27,30-54H2,1-5H3,(H-,58,61,62,63)/p+1/b10-8-,14-13-,17-16-,20-19-,23-22-,26-25-,29-28-. The predicted molar refractivity (Wildman–Crippen MR) is 286 cm³/mol. The van der Waals surface area contributed by atoms with E-state index in [9.17, 15) is 19.4 Å². The molecule has 1 amide bonds. The van der Waals surface area contributed by atoms with E-state index in [-0.39, 0.29) is 19.1 Å². The normalized spacial score (nSPS) is 14.7. The summed E-state index contributed by atoms with van der Waals surface area (Å²) in [5.41, 5.74) is 0. The first-order valence-corrected chi connectivity index (χ1v) is 28.4. The smallest absolute Gasteiger partial charge is 0.391 e. The first kappa shape index (κ1) is 63.7. The van der Waals surface area contributed by atoms with Crippen LogP contribution in [0.15, 0.2) is 85.1 Å². The van der Waals surface area contributed by atoms with E-state index in [4.69, 9.17) is 9.05 Å². The van der Waals surface area contributed by atoms with Crippen LogP contribution in [-0.4, -0.2) is 73.4 Å². The van der Waals surface area contributed by atoms with Gasteiger partial charge in [-0.2, -0.15) is 0 Å². The Labute approximate surface area is 407 Å². The Kier molecular flexibility index (Phi) is 46.1. The number of hydrogen-bond acceptors (Lipinski definition) is 5. The van der Waals surface area contributed by atoms with Gasteiger partial charge in [-0.05, 0) is 70.6 Å². The lowest BCUT2D eigenvalue weighted by atomic mass is 10.0. The number of phosphoric ester groups is 1. The molecule has 66 heavy (non-hydrogen) atoms. The Hall–Kier alpha value is -2.32. The summed E-state index contributed by atoms with van der Waals surface area (Å²) in [6, 6.07) is -0.758. The van der Waals surface area contributed by atoms with Crippen LogP contribution in [0.5, 0.6) is 0 Å². The van der Waals surface area contributed by atoms with Gasteiger partial charge in [0.15, 0.2) is 0 Å². The topological polar surface area (TPSA) is 105 Å². The fraction of sp³-hybridized carbons (Fsp3) is 0.737. The molecule has 0 bridgehead atoms. The molecule has 0 aliphatic carbocycles. The monoisotopic (exact) mass is 944 g/mol. The molecule has 0 rings (SSSR count). The Morgan fingerprint density at radius 3 is 1.33 bits per heavy atom. The van der Waals surface area contributed by atoms with Crippen molar-refractivity contribution in [3.63, 3.8) is 0 Å². The molecule has 0 fully saturated rings. The highest BCUT2D eigenvalue weighted by atomic mass is 31.2. The van der Waals surface area contributed by atoms with Gasteiger partial charge in [-0.1, -0.05) is 227 Å². The Balaban J connectivity index is 3.79. The number of unbranched alkanes of at least 4 members (excludes halogenated alkanes) is 21. The number of carbonyl (C=O) groups excluding carboxylic acids is 1. The van der Waals surface area contributed by atoms with Gasteiger partial charge in [0.25, 0.3) is 0 Å². The molecule has 0 spiro atoms. The van der Waals surface area contributed by atoms with Crippen LogP contribution in [0.4, 0.5) is 0 Å². The van der Waals surface area contributed by atoms with Gasteiger partial charge in [-0.15, -0.1) is 0 Å². The van der Waals surface area contributed by atoms with Crippen molar-refractivity contribution < 1.29 is 32.9 Å². The van der Waals surface area contributed by atoms with Crippen LogP contribution < -0.4 is 5.32 Å². The molecule has 0 saturated carbocycles. The molecule has 382 valence electrons. The maximum atomic E-state index is 12.8. The minimum atomic E-state index is -4.30. The van der Waals surface area contributed by atoms with E-state index in [1.165, 1.54) is 96.3 Å². The maximum absolute atomic E-state index is 12.8. The minimum Gasteiger partial charge on any atom is -0.391 e. The zero-order valence-electron chi connectivity index (χ0n) is 43.4. The molecule has 0 saturated heterocycles. The van der Waals surface area contributed by atoms with Crippen molar-refractivity contribution in [1.82, 2.24) is 5.32 Å². The Morgan fingerprint density at radius 2 is 0.909 bits per heavy atom. The quantitative estimate of drug-likeness (QED) is 0.0243. The molecule has 3 N–H and O–H groups in total. The second-order valence-electron chi connectivity index (χ2n) is 19.2. The number of aliphatic hydroxyl groups excluding tert-OH is 1. The Morgan fingerprint density at radius 1 is 0.530 bits per heavy atom. The van der Waals surface area contributed by atoms with E-state index in [2.05, 4.69) is 104 Å². The molecular formula is C57H104N2O6P+. The zero-order chi connectivity index (χ0) is 48.5. The molecule has 0 aromatic carbocycles. The summed E-state index contributed by atoms with van der Waals surface area (Å²) >= 11 is 0. The number of allylic oxidation sites excluding steroid dienone is 14. The second-order valence-corrected chi connectivity index (χ2v) is 20.7. The number of nitrogens with one attached hydrogen (secondary N) is 1.